The topological polar surface area (TPSA) is 62.2 Å². The first-order valence-electron chi connectivity index (χ1n) is 6.54. The van der Waals surface area contributed by atoms with Crippen LogP contribution in [0, 0.1) is 25.7 Å². The molecule has 0 fully saturated rings. The SMILES string of the molecule is Cc1cc(C)nc(NC(=O)c2ccc(C#CCCO)s2)c1. The summed E-state index contributed by atoms with van der Waals surface area (Å²) in [6.07, 6.45) is 0.436. The minimum absolute atomic E-state index is 0.0457. The molecule has 5 heteroatoms. The largest absolute Gasteiger partial charge is 0.395 e. The number of rotatable bonds is 3. The van der Waals surface area contributed by atoms with Gasteiger partial charge < -0.3 is 10.4 Å². The van der Waals surface area contributed by atoms with E-state index in [9.17, 15) is 4.79 Å². The first kappa shape index (κ1) is 15.2. The molecule has 0 aliphatic heterocycles. The molecule has 0 atom stereocenters. The second kappa shape index (κ2) is 7.02. The van der Waals surface area contributed by atoms with Gasteiger partial charge >= 0.3 is 0 Å². The van der Waals surface area contributed by atoms with Gasteiger partial charge in [0.2, 0.25) is 0 Å². The average molecular weight is 300 g/mol. The third kappa shape index (κ3) is 4.42. The maximum atomic E-state index is 12.2. The van der Waals surface area contributed by atoms with E-state index < -0.39 is 0 Å². The summed E-state index contributed by atoms with van der Waals surface area (Å²) in [5.74, 6) is 6.12. The Morgan fingerprint density at radius 1 is 1.38 bits per heavy atom. The van der Waals surface area contributed by atoms with E-state index in [1.54, 1.807) is 12.1 Å². The van der Waals surface area contributed by atoms with Crippen LogP contribution in [-0.4, -0.2) is 22.6 Å². The van der Waals surface area contributed by atoms with Crippen molar-refractivity contribution in [2.45, 2.75) is 20.3 Å². The lowest BCUT2D eigenvalue weighted by Gasteiger charge is -2.05. The number of aromatic nitrogens is 1. The fraction of sp³-hybridized carbons (Fsp3) is 0.250. The smallest absolute Gasteiger partial charge is 0.266 e. The van der Waals surface area contributed by atoms with Crippen LogP contribution in [0.25, 0.3) is 0 Å². The van der Waals surface area contributed by atoms with E-state index >= 15 is 0 Å². The van der Waals surface area contributed by atoms with Crippen LogP contribution in [-0.2, 0) is 0 Å². The zero-order valence-electron chi connectivity index (χ0n) is 11.9. The molecule has 0 bridgehead atoms. The van der Waals surface area contributed by atoms with Crippen molar-refractivity contribution in [1.82, 2.24) is 4.98 Å². The van der Waals surface area contributed by atoms with Crippen molar-refractivity contribution in [2.24, 2.45) is 0 Å². The first-order valence-corrected chi connectivity index (χ1v) is 7.36. The monoisotopic (exact) mass is 300 g/mol. The van der Waals surface area contributed by atoms with Crippen LogP contribution in [0.2, 0.25) is 0 Å². The number of aliphatic hydroxyl groups excluding tert-OH is 1. The quantitative estimate of drug-likeness (QED) is 0.857. The van der Waals surface area contributed by atoms with E-state index in [2.05, 4.69) is 22.1 Å². The number of hydrogen-bond donors (Lipinski definition) is 2. The van der Waals surface area contributed by atoms with E-state index in [1.165, 1.54) is 11.3 Å². The first-order chi connectivity index (χ1) is 10.1. The van der Waals surface area contributed by atoms with Crippen molar-refractivity contribution in [3.8, 4) is 11.8 Å². The molecule has 1 amide bonds. The number of nitrogens with zero attached hydrogens (tertiary/aromatic N) is 1. The molecular weight excluding hydrogens is 284 g/mol. The molecule has 0 radical (unpaired) electrons. The zero-order valence-corrected chi connectivity index (χ0v) is 12.8. The number of amides is 1. The molecule has 21 heavy (non-hydrogen) atoms. The number of thiophene rings is 1. The minimum atomic E-state index is -0.187. The summed E-state index contributed by atoms with van der Waals surface area (Å²) in [4.78, 5) is 17.8. The summed E-state index contributed by atoms with van der Waals surface area (Å²) < 4.78 is 0. The Balaban J connectivity index is 2.09. The summed E-state index contributed by atoms with van der Waals surface area (Å²) >= 11 is 1.32. The average Bonchev–Trinajstić information content (AvgIpc) is 2.86. The van der Waals surface area contributed by atoms with Crippen molar-refractivity contribution in [3.05, 3.63) is 45.3 Å². The van der Waals surface area contributed by atoms with Gasteiger partial charge in [0.15, 0.2) is 0 Å². The minimum Gasteiger partial charge on any atom is -0.395 e. The van der Waals surface area contributed by atoms with Gasteiger partial charge in [0.25, 0.3) is 5.91 Å². The van der Waals surface area contributed by atoms with Crippen LogP contribution >= 0.6 is 11.3 Å². The van der Waals surface area contributed by atoms with E-state index in [0.717, 1.165) is 16.1 Å². The Morgan fingerprint density at radius 2 is 2.19 bits per heavy atom. The molecule has 0 aliphatic carbocycles. The molecule has 0 aromatic carbocycles. The molecule has 2 aromatic rings. The van der Waals surface area contributed by atoms with Gasteiger partial charge in [-0.25, -0.2) is 4.98 Å². The Kier molecular flexibility index (Phi) is 5.09. The number of aryl methyl sites for hydroxylation is 2. The third-order valence-electron chi connectivity index (χ3n) is 2.62. The van der Waals surface area contributed by atoms with Gasteiger partial charge in [0.05, 0.1) is 16.4 Å². The number of pyridine rings is 1. The van der Waals surface area contributed by atoms with Gasteiger partial charge in [-0.2, -0.15) is 0 Å². The fourth-order valence-electron chi connectivity index (χ4n) is 1.82. The van der Waals surface area contributed by atoms with Crippen molar-refractivity contribution in [2.75, 3.05) is 11.9 Å². The van der Waals surface area contributed by atoms with Gasteiger partial charge in [-0.3, -0.25) is 4.79 Å². The van der Waals surface area contributed by atoms with Gasteiger partial charge in [-0.05, 0) is 43.7 Å². The summed E-state index contributed by atoms with van der Waals surface area (Å²) in [5, 5.41) is 11.5. The lowest BCUT2D eigenvalue weighted by Crippen LogP contribution is -2.11. The molecule has 0 unspecified atom stereocenters. The van der Waals surface area contributed by atoms with Crippen molar-refractivity contribution < 1.29 is 9.90 Å². The van der Waals surface area contributed by atoms with E-state index in [4.69, 9.17) is 5.11 Å². The standard InChI is InChI=1S/C16H16N2O2S/c1-11-9-12(2)17-15(10-11)18-16(20)14-7-6-13(21-14)5-3-4-8-19/h6-7,9-10,19H,4,8H2,1-2H3,(H,17,18,20). The van der Waals surface area contributed by atoms with Crippen LogP contribution in [0.15, 0.2) is 24.3 Å². The van der Waals surface area contributed by atoms with Crippen LogP contribution in [0.5, 0.6) is 0 Å². The molecule has 2 rings (SSSR count). The normalized spacial score (nSPS) is 9.86. The van der Waals surface area contributed by atoms with Crippen molar-refractivity contribution in [1.29, 1.82) is 0 Å². The van der Waals surface area contributed by atoms with Crippen LogP contribution < -0.4 is 5.32 Å². The second-order valence-electron chi connectivity index (χ2n) is 4.56. The van der Waals surface area contributed by atoms with Crippen LogP contribution in [0.3, 0.4) is 0 Å². The van der Waals surface area contributed by atoms with Gasteiger partial charge in [0, 0.05) is 12.1 Å². The summed E-state index contributed by atoms with van der Waals surface area (Å²) in [5.41, 5.74) is 1.92. The predicted octanol–water partition coefficient (Wildman–Crippen LogP) is 2.75. The van der Waals surface area contributed by atoms with Gasteiger partial charge in [-0.1, -0.05) is 11.8 Å². The highest BCUT2D eigenvalue weighted by Crippen LogP contribution is 2.17. The Hall–Kier alpha value is -2.16. The number of anilines is 1. The molecule has 0 aliphatic rings. The summed E-state index contributed by atoms with van der Waals surface area (Å²) in [7, 11) is 0. The molecule has 0 saturated heterocycles. The molecule has 2 aromatic heterocycles. The van der Waals surface area contributed by atoms with Gasteiger partial charge in [0.1, 0.15) is 5.82 Å². The highest BCUT2D eigenvalue weighted by atomic mass is 32.1. The molecule has 4 nitrogen and oxygen atoms in total. The van der Waals surface area contributed by atoms with E-state index in [-0.39, 0.29) is 12.5 Å². The number of hydrogen-bond acceptors (Lipinski definition) is 4. The molecule has 108 valence electrons. The molecule has 2 N–H and O–H groups in total. The highest BCUT2D eigenvalue weighted by molar-refractivity contribution is 7.14. The molecule has 0 spiro atoms. The Bertz CT molecular complexity index is 690. The maximum Gasteiger partial charge on any atom is 0.266 e. The van der Waals surface area contributed by atoms with Crippen molar-refractivity contribution >= 4 is 23.1 Å². The molecular formula is C16H16N2O2S. The summed E-state index contributed by atoms with van der Waals surface area (Å²) in [6.45, 7) is 3.90. The third-order valence-corrected chi connectivity index (χ3v) is 3.62. The van der Waals surface area contributed by atoms with Gasteiger partial charge in [-0.15, -0.1) is 11.3 Å². The Morgan fingerprint density at radius 3 is 2.90 bits per heavy atom. The number of nitrogens with one attached hydrogen (secondary N) is 1. The highest BCUT2D eigenvalue weighted by Gasteiger charge is 2.10. The Labute approximate surface area is 127 Å². The second-order valence-corrected chi connectivity index (χ2v) is 5.65. The van der Waals surface area contributed by atoms with Crippen LogP contribution in [0.1, 0.15) is 32.2 Å². The lowest BCUT2D eigenvalue weighted by molar-refractivity contribution is 0.103. The van der Waals surface area contributed by atoms with E-state index in [0.29, 0.717) is 17.1 Å². The molecule has 2 heterocycles. The maximum absolute atomic E-state index is 12.2. The lowest BCUT2D eigenvalue weighted by atomic mass is 10.2. The van der Waals surface area contributed by atoms with Crippen molar-refractivity contribution in [3.63, 3.8) is 0 Å². The fourth-order valence-corrected chi connectivity index (χ4v) is 2.59. The molecule has 0 saturated carbocycles. The number of carbonyl (C=O) groups excluding carboxylic acids is 1. The zero-order chi connectivity index (χ0) is 15.2. The van der Waals surface area contributed by atoms with Crippen LogP contribution in [0.4, 0.5) is 5.82 Å². The predicted molar refractivity (Wildman–Crippen MR) is 84.6 cm³/mol. The summed E-state index contributed by atoms with van der Waals surface area (Å²) in [6, 6.07) is 7.33. The number of carbonyl (C=O) groups is 1. The van der Waals surface area contributed by atoms with E-state index in [1.807, 2.05) is 26.0 Å². The number of aliphatic hydroxyl groups is 1.